The lowest BCUT2D eigenvalue weighted by Gasteiger charge is -2.29. The van der Waals surface area contributed by atoms with Gasteiger partial charge in [-0.15, -0.1) is 0 Å². The predicted molar refractivity (Wildman–Crippen MR) is 91.4 cm³/mol. The summed E-state index contributed by atoms with van der Waals surface area (Å²) in [4.78, 5) is 13.8. The molecule has 1 fully saturated rings. The molecule has 0 amide bonds. The summed E-state index contributed by atoms with van der Waals surface area (Å²) in [7, 11) is 2.09. The monoisotopic (exact) mass is 296 g/mol. The average Bonchev–Trinajstić information content (AvgIpc) is 2.56. The third-order valence-electron chi connectivity index (χ3n) is 4.14. The Morgan fingerprint density at radius 2 is 1.77 bits per heavy atom. The molecule has 3 rings (SSSR count). The Hall–Kier alpha value is -2.10. The molecule has 1 aromatic carbocycles. The highest BCUT2D eigenvalue weighted by molar-refractivity contribution is 5.51. The lowest BCUT2D eigenvalue weighted by atomic mass is 10.1. The maximum Gasteiger partial charge on any atom is 0.134 e. The summed E-state index contributed by atoms with van der Waals surface area (Å²) in [6.07, 6.45) is 3.86. The van der Waals surface area contributed by atoms with Crippen molar-refractivity contribution in [1.29, 1.82) is 0 Å². The molecule has 1 aliphatic heterocycles. The Morgan fingerprint density at radius 3 is 2.50 bits per heavy atom. The molecular formula is C18H24N4. The number of piperidine rings is 1. The highest BCUT2D eigenvalue weighted by Crippen LogP contribution is 2.22. The number of benzene rings is 1. The van der Waals surface area contributed by atoms with E-state index >= 15 is 0 Å². The van der Waals surface area contributed by atoms with Gasteiger partial charge >= 0.3 is 0 Å². The molecule has 116 valence electrons. The van der Waals surface area contributed by atoms with Crippen LogP contribution in [0, 0.1) is 6.92 Å². The maximum absolute atomic E-state index is 4.64. The first-order valence-electron chi connectivity index (χ1n) is 8.08. The maximum atomic E-state index is 4.64. The van der Waals surface area contributed by atoms with E-state index in [0.717, 1.165) is 37.1 Å². The lowest BCUT2D eigenvalue weighted by molar-refractivity contribution is 0.572. The zero-order chi connectivity index (χ0) is 15.4. The number of anilines is 2. The van der Waals surface area contributed by atoms with Gasteiger partial charge in [-0.1, -0.05) is 30.3 Å². The van der Waals surface area contributed by atoms with E-state index in [2.05, 4.69) is 57.1 Å². The quantitative estimate of drug-likeness (QED) is 0.865. The third kappa shape index (κ3) is 3.56. The van der Waals surface area contributed by atoms with Gasteiger partial charge in [-0.05, 0) is 31.7 Å². The average molecular weight is 296 g/mol. The highest BCUT2D eigenvalue weighted by atomic mass is 15.2. The Morgan fingerprint density at radius 1 is 1.05 bits per heavy atom. The van der Waals surface area contributed by atoms with E-state index in [9.17, 15) is 0 Å². The minimum Gasteiger partial charge on any atom is -0.356 e. The third-order valence-corrected chi connectivity index (χ3v) is 4.14. The number of aromatic nitrogens is 2. The first-order valence-corrected chi connectivity index (χ1v) is 8.08. The first-order chi connectivity index (χ1) is 10.7. The second-order valence-electron chi connectivity index (χ2n) is 6.02. The van der Waals surface area contributed by atoms with E-state index in [4.69, 9.17) is 0 Å². The molecule has 0 N–H and O–H groups in total. The smallest absolute Gasteiger partial charge is 0.134 e. The second kappa shape index (κ2) is 6.77. The Balaban J connectivity index is 1.79. The summed E-state index contributed by atoms with van der Waals surface area (Å²) in [6, 6.07) is 12.6. The fraction of sp³-hybridized carbons (Fsp3) is 0.444. The molecule has 1 saturated heterocycles. The summed E-state index contributed by atoms with van der Waals surface area (Å²) in [5.41, 5.74) is 1.29. The minimum absolute atomic E-state index is 0.845. The van der Waals surface area contributed by atoms with E-state index in [1.807, 2.05) is 13.0 Å². The van der Waals surface area contributed by atoms with Crippen molar-refractivity contribution < 1.29 is 0 Å². The number of aryl methyl sites for hydroxylation is 1. The standard InChI is InChI=1S/C18H24N4/c1-15-19-17(21(2)14-16-9-5-3-6-10-16)13-18(20-15)22-11-7-4-8-12-22/h3,5-6,9-10,13H,4,7-8,11-12,14H2,1-2H3. The molecule has 2 aromatic rings. The topological polar surface area (TPSA) is 32.3 Å². The molecule has 0 spiro atoms. The number of hydrogen-bond donors (Lipinski definition) is 0. The van der Waals surface area contributed by atoms with Crippen molar-refractivity contribution >= 4 is 11.6 Å². The molecule has 22 heavy (non-hydrogen) atoms. The molecule has 0 atom stereocenters. The molecule has 0 bridgehead atoms. The van der Waals surface area contributed by atoms with Gasteiger partial charge in [0.15, 0.2) is 0 Å². The van der Waals surface area contributed by atoms with E-state index in [1.165, 1.54) is 24.8 Å². The van der Waals surface area contributed by atoms with E-state index in [0.29, 0.717) is 0 Å². The zero-order valence-electron chi connectivity index (χ0n) is 13.5. The molecule has 1 aromatic heterocycles. The van der Waals surface area contributed by atoms with Crippen LogP contribution in [0.25, 0.3) is 0 Å². The molecule has 4 heteroatoms. The zero-order valence-corrected chi connectivity index (χ0v) is 13.5. The van der Waals surface area contributed by atoms with Crippen LogP contribution in [-0.4, -0.2) is 30.1 Å². The lowest BCUT2D eigenvalue weighted by Crippen LogP contribution is -2.31. The molecule has 0 saturated carbocycles. The van der Waals surface area contributed by atoms with Crippen LogP contribution in [0.1, 0.15) is 30.7 Å². The SMILES string of the molecule is Cc1nc(N(C)Cc2ccccc2)cc(N2CCCCC2)n1. The number of nitrogens with zero attached hydrogens (tertiary/aromatic N) is 4. The van der Waals surface area contributed by atoms with Crippen molar-refractivity contribution in [3.63, 3.8) is 0 Å². The van der Waals surface area contributed by atoms with Crippen LogP contribution < -0.4 is 9.80 Å². The van der Waals surface area contributed by atoms with Crippen molar-refractivity contribution in [2.45, 2.75) is 32.7 Å². The van der Waals surface area contributed by atoms with Gasteiger partial charge in [-0.2, -0.15) is 0 Å². The van der Waals surface area contributed by atoms with Gasteiger partial charge in [0.2, 0.25) is 0 Å². The number of rotatable bonds is 4. The van der Waals surface area contributed by atoms with Crippen molar-refractivity contribution in [3.8, 4) is 0 Å². The van der Waals surface area contributed by atoms with Crippen LogP contribution in [0.4, 0.5) is 11.6 Å². The number of hydrogen-bond acceptors (Lipinski definition) is 4. The Bertz CT molecular complexity index is 606. The van der Waals surface area contributed by atoms with Gasteiger partial charge < -0.3 is 9.80 Å². The van der Waals surface area contributed by atoms with Gasteiger partial charge in [-0.3, -0.25) is 0 Å². The predicted octanol–water partition coefficient (Wildman–Crippen LogP) is 3.41. The summed E-state index contributed by atoms with van der Waals surface area (Å²) >= 11 is 0. The molecule has 0 radical (unpaired) electrons. The Kier molecular flexibility index (Phi) is 4.56. The summed E-state index contributed by atoms with van der Waals surface area (Å²) in [6.45, 7) is 5.06. The molecule has 0 unspecified atom stereocenters. The van der Waals surface area contributed by atoms with Crippen molar-refractivity contribution in [2.24, 2.45) is 0 Å². The largest absolute Gasteiger partial charge is 0.356 e. The molecule has 4 nitrogen and oxygen atoms in total. The van der Waals surface area contributed by atoms with E-state index in [-0.39, 0.29) is 0 Å². The minimum atomic E-state index is 0.845. The molecule has 0 aliphatic carbocycles. The van der Waals surface area contributed by atoms with Gasteiger partial charge in [0, 0.05) is 32.7 Å². The van der Waals surface area contributed by atoms with Crippen LogP contribution in [-0.2, 0) is 6.54 Å². The van der Waals surface area contributed by atoms with E-state index in [1.54, 1.807) is 0 Å². The summed E-state index contributed by atoms with van der Waals surface area (Å²) < 4.78 is 0. The van der Waals surface area contributed by atoms with Crippen LogP contribution in [0.2, 0.25) is 0 Å². The molecular weight excluding hydrogens is 272 g/mol. The van der Waals surface area contributed by atoms with Crippen molar-refractivity contribution in [3.05, 3.63) is 47.8 Å². The van der Waals surface area contributed by atoms with Crippen LogP contribution >= 0.6 is 0 Å². The van der Waals surface area contributed by atoms with Crippen LogP contribution in [0.15, 0.2) is 36.4 Å². The normalized spacial score (nSPS) is 14.9. The molecule has 2 heterocycles. The van der Waals surface area contributed by atoms with Gasteiger partial charge in [0.05, 0.1) is 0 Å². The van der Waals surface area contributed by atoms with Crippen molar-refractivity contribution in [2.75, 3.05) is 29.9 Å². The second-order valence-corrected chi connectivity index (χ2v) is 6.02. The summed E-state index contributed by atoms with van der Waals surface area (Å²) in [5, 5.41) is 0. The fourth-order valence-corrected chi connectivity index (χ4v) is 2.96. The van der Waals surface area contributed by atoms with Gasteiger partial charge in [-0.25, -0.2) is 9.97 Å². The van der Waals surface area contributed by atoms with Gasteiger partial charge in [0.1, 0.15) is 17.5 Å². The van der Waals surface area contributed by atoms with Crippen LogP contribution in [0.3, 0.4) is 0 Å². The van der Waals surface area contributed by atoms with Gasteiger partial charge in [0.25, 0.3) is 0 Å². The Labute approximate surface area is 132 Å². The highest BCUT2D eigenvalue weighted by Gasteiger charge is 2.15. The summed E-state index contributed by atoms with van der Waals surface area (Å²) in [5.74, 6) is 2.91. The van der Waals surface area contributed by atoms with Crippen LogP contribution in [0.5, 0.6) is 0 Å². The molecule has 1 aliphatic rings. The fourth-order valence-electron chi connectivity index (χ4n) is 2.96. The van der Waals surface area contributed by atoms with Crippen molar-refractivity contribution in [1.82, 2.24) is 9.97 Å². The first kappa shape index (κ1) is 14.8. The van der Waals surface area contributed by atoms with E-state index < -0.39 is 0 Å².